The predicted octanol–water partition coefficient (Wildman–Crippen LogP) is 3.01. The quantitative estimate of drug-likeness (QED) is 0.810. The highest BCUT2D eigenvalue weighted by Crippen LogP contribution is 2.50. The van der Waals surface area contributed by atoms with E-state index in [1.807, 2.05) is 18.2 Å². The molecule has 1 aliphatic carbocycles. The zero-order valence-electron chi connectivity index (χ0n) is 7.88. The van der Waals surface area contributed by atoms with Crippen molar-refractivity contribution in [2.24, 2.45) is 0 Å². The van der Waals surface area contributed by atoms with Gasteiger partial charge in [-0.05, 0) is 36.6 Å². The summed E-state index contributed by atoms with van der Waals surface area (Å²) in [6.45, 7) is 0. The second kappa shape index (κ2) is 3.29. The Morgan fingerprint density at radius 3 is 2.71 bits per heavy atom. The van der Waals surface area contributed by atoms with Crippen molar-refractivity contribution in [1.82, 2.24) is 0 Å². The summed E-state index contributed by atoms with van der Waals surface area (Å²) in [5.74, 6) is 0.810. The van der Waals surface area contributed by atoms with Crippen LogP contribution in [0.1, 0.15) is 18.4 Å². The van der Waals surface area contributed by atoms with Gasteiger partial charge in [0.25, 0.3) is 0 Å². The fourth-order valence-electron chi connectivity index (χ4n) is 1.56. The van der Waals surface area contributed by atoms with E-state index < -0.39 is 0 Å². The van der Waals surface area contributed by atoms with Crippen molar-refractivity contribution in [1.29, 1.82) is 5.26 Å². The molecule has 0 aliphatic heterocycles. The molecule has 1 aliphatic rings. The Bertz CT molecular complexity index is 404. The Hall–Kier alpha value is -1.01. The average Bonchev–Trinajstić information content (AvgIpc) is 2.99. The highest BCUT2D eigenvalue weighted by atomic mass is 79.9. The lowest BCUT2D eigenvalue weighted by Crippen LogP contribution is -2.03. The third-order valence-electron chi connectivity index (χ3n) is 2.65. The van der Waals surface area contributed by atoms with Crippen LogP contribution in [0.5, 0.6) is 5.75 Å². The van der Waals surface area contributed by atoms with Crippen LogP contribution >= 0.6 is 15.9 Å². The molecule has 0 saturated heterocycles. The number of rotatable bonds is 2. The summed E-state index contributed by atoms with van der Waals surface area (Å²) in [6, 6.07) is 8.15. The third kappa shape index (κ3) is 1.40. The smallest absolute Gasteiger partial charge is 0.119 e. The average molecular weight is 252 g/mol. The van der Waals surface area contributed by atoms with Crippen LogP contribution in [0, 0.1) is 11.3 Å². The molecule has 0 heterocycles. The van der Waals surface area contributed by atoms with Gasteiger partial charge in [-0.2, -0.15) is 5.26 Å². The molecule has 0 radical (unpaired) electrons. The Morgan fingerprint density at radius 1 is 1.50 bits per heavy atom. The molecule has 0 N–H and O–H groups in total. The molecule has 0 unspecified atom stereocenters. The summed E-state index contributed by atoms with van der Waals surface area (Å²) in [6.07, 6.45) is 1.91. The van der Waals surface area contributed by atoms with Crippen LogP contribution in [0.15, 0.2) is 22.7 Å². The van der Waals surface area contributed by atoms with E-state index in [2.05, 4.69) is 22.0 Å². The van der Waals surface area contributed by atoms with Crippen LogP contribution < -0.4 is 4.74 Å². The maximum atomic E-state index is 9.09. The number of nitrogens with zero attached hydrogens (tertiary/aromatic N) is 1. The van der Waals surface area contributed by atoms with E-state index in [1.165, 1.54) is 0 Å². The van der Waals surface area contributed by atoms with Crippen molar-refractivity contribution in [2.75, 3.05) is 7.11 Å². The summed E-state index contributed by atoms with van der Waals surface area (Å²) < 4.78 is 6.14. The summed E-state index contributed by atoms with van der Waals surface area (Å²) in [4.78, 5) is 0. The Balaban J connectivity index is 2.47. The molecule has 1 aromatic rings. The Kier molecular flexibility index (Phi) is 2.24. The largest absolute Gasteiger partial charge is 0.497 e. The van der Waals surface area contributed by atoms with Crippen LogP contribution in [0.3, 0.4) is 0 Å². The lowest BCUT2D eigenvalue weighted by atomic mass is 9.98. The second-order valence-corrected chi connectivity index (χ2v) is 4.39. The van der Waals surface area contributed by atoms with Crippen molar-refractivity contribution in [3.63, 3.8) is 0 Å². The maximum absolute atomic E-state index is 9.09. The Labute approximate surface area is 91.6 Å². The minimum absolute atomic E-state index is 0.257. The molecular formula is C11H10BrNO. The number of benzene rings is 1. The first-order valence-electron chi connectivity index (χ1n) is 4.47. The topological polar surface area (TPSA) is 33.0 Å². The number of hydrogen-bond donors (Lipinski definition) is 0. The SMILES string of the molecule is COc1ccc(Br)c(C2(C#N)CC2)c1. The second-order valence-electron chi connectivity index (χ2n) is 3.54. The van der Waals surface area contributed by atoms with Gasteiger partial charge in [-0.25, -0.2) is 0 Å². The maximum Gasteiger partial charge on any atom is 0.119 e. The van der Waals surface area contributed by atoms with Crippen LogP contribution in [0.2, 0.25) is 0 Å². The summed E-state index contributed by atoms with van der Waals surface area (Å²) in [7, 11) is 1.64. The Morgan fingerprint density at radius 2 is 2.21 bits per heavy atom. The lowest BCUT2D eigenvalue weighted by molar-refractivity contribution is 0.414. The van der Waals surface area contributed by atoms with E-state index in [4.69, 9.17) is 10.00 Å². The zero-order chi connectivity index (χ0) is 10.2. The van der Waals surface area contributed by atoms with Gasteiger partial charge in [0.15, 0.2) is 0 Å². The highest BCUT2D eigenvalue weighted by Gasteiger charge is 2.46. The van der Waals surface area contributed by atoms with Crippen LogP contribution in [0.4, 0.5) is 0 Å². The molecule has 2 rings (SSSR count). The summed E-state index contributed by atoms with van der Waals surface area (Å²) in [5, 5.41) is 9.09. The number of ether oxygens (including phenoxy) is 1. The van der Waals surface area contributed by atoms with Gasteiger partial charge in [-0.15, -0.1) is 0 Å². The van der Waals surface area contributed by atoms with E-state index in [9.17, 15) is 0 Å². The monoisotopic (exact) mass is 251 g/mol. The zero-order valence-corrected chi connectivity index (χ0v) is 9.47. The number of nitriles is 1. The van der Waals surface area contributed by atoms with Gasteiger partial charge in [0, 0.05) is 4.47 Å². The van der Waals surface area contributed by atoms with E-state index in [-0.39, 0.29) is 5.41 Å². The third-order valence-corrected chi connectivity index (χ3v) is 3.34. The first kappa shape index (κ1) is 9.54. The minimum atomic E-state index is -0.257. The van der Waals surface area contributed by atoms with Crippen molar-refractivity contribution in [3.05, 3.63) is 28.2 Å². The molecule has 0 bridgehead atoms. The van der Waals surface area contributed by atoms with E-state index in [0.29, 0.717) is 0 Å². The lowest BCUT2D eigenvalue weighted by Gasteiger charge is -2.10. The first-order valence-corrected chi connectivity index (χ1v) is 5.26. The molecule has 72 valence electrons. The molecule has 3 heteroatoms. The van der Waals surface area contributed by atoms with Gasteiger partial charge >= 0.3 is 0 Å². The van der Waals surface area contributed by atoms with Gasteiger partial charge in [-0.1, -0.05) is 15.9 Å². The molecule has 1 saturated carbocycles. The minimum Gasteiger partial charge on any atom is -0.497 e. The number of hydrogen-bond acceptors (Lipinski definition) is 2. The van der Waals surface area contributed by atoms with Crippen LogP contribution in [-0.4, -0.2) is 7.11 Å². The van der Waals surface area contributed by atoms with Gasteiger partial charge in [0.1, 0.15) is 5.75 Å². The van der Waals surface area contributed by atoms with E-state index in [1.54, 1.807) is 7.11 Å². The van der Waals surface area contributed by atoms with Crippen molar-refractivity contribution < 1.29 is 4.74 Å². The first-order chi connectivity index (χ1) is 6.72. The molecule has 14 heavy (non-hydrogen) atoms. The number of halogens is 1. The molecule has 1 fully saturated rings. The van der Waals surface area contributed by atoms with Crippen molar-refractivity contribution in [2.45, 2.75) is 18.3 Å². The molecule has 0 atom stereocenters. The van der Waals surface area contributed by atoms with Crippen LogP contribution in [-0.2, 0) is 5.41 Å². The number of methoxy groups -OCH3 is 1. The normalized spacial score (nSPS) is 17.2. The van der Waals surface area contributed by atoms with Crippen molar-refractivity contribution in [3.8, 4) is 11.8 Å². The van der Waals surface area contributed by atoms with Gasteiger partial charge < -0.3 is 4.74 Å². The molecule has 0 spiro atoms. The summed E-state index contributed by atoms with van der Waals surface area (Å²) in [5.41, 5.74) is 0.798. The van der Waals surface area contributed by atoms with E-state index >= 15 is 0 Å². The molecule has 2 nitrogen and oxygen atoms in total. The van der Waals surface area contributed by atoms with Crippen molar-refractivity contribution >= 4 is 15.9 Å². The molecule has 0 amide bonds. The van der Waals surface area contributed by atoms with Gasteiger partial charge in [-0.3, -0.25) is 0 Å². The summed E-state index contributed by atoms with van der Waals surface area (Å²) >= 11 is 3.47. The van der Waals surface area contributed by atoms with E-state index in [0.717, 1.165) is 28.6 Å². The fourth-order valence-corrected chi connectivity index (χ4v) is 2.19. The standard InChI is InChI=1S/C11H10BrNO/c1-14-8-2-3-10(12)9(6-8)11(7-13)4-5-11/h2-3,6H,4-5H2,1H3. The molecular weight excluding hydrogens is 242 g/mol. The molecule has 1 aromatic carbocycles. The van der Waals surface area contributed by atoms with Gasteiger partial charge in [0.2, 0.25) is 0 Å². The molecule has 0 aromatic heterocycles. The predicted molar refractivity (Wildman–Crippen MR) is 57.2 cm³/mol. The fraction of sp³-hybridized carbons (Fsp3) is 0.364. The van der Waals surface area contributed by atoms with Crippen LogP contribution in [0.25, 0.3) is 0 Å². The van der Waals surface area contributed by atoms with Gasteiger partial charge in [0.05, 0.1) is 18.6 Å². The highest BCUT2D eigenvalue weighted by molar-refractivity contribution is 9.10.